The Morgan fingerprint density at radius 3 is 2.69 bits per heavy atom. The molecule has 0 atom stereocenters. The number of hydrogen-bond donors (Lipinski definition) is 2. The van der Waals surface area contributed by atoms with Crippen LogP contribution in [0.2, 0.25) is 5.02 Å². The van der Waals surface area contributed by atoms with Gasteiger partial charge in [-0.15, -0.1) is 15.3 Å². The molecule has 5 rings (SSSR count). The Bertz CT molecular complexity index is 1690. The lowest BCUT2D eigenvalue weighted by Crippen LogP contribution is -2.14. The summed E-state index contributed by atoms with van der Waals surface area (Å²) in [5.41, 5.74) is -0.436. The topological polar surface area (TPSA) is 136 Å². The van der Waals surface area contributed by atoms with Crippen molar-refractivity contribution in [3.63, 3.8) is 0 Å². The number of benzene rings is 2. The van der Waals surface area contributed by atoms with Crippen LogP contribution in [0.5, 0.6) is 5.88 Å². The van der Waals surface area contributed by atoms with Crippen molar-refractivity contribution < 1.29 is 26.4 Å². The molecule has 2 aromatic carbocycles. The third kappa shape index (κ3) is 4.15. The molecule has 0 amide bonds. The second kappa shape index (κ2) is 8.60. The number of ether oxygens (including phenoxy) is 1. The van der Waals surface area contributed by atoms with Gasteiger partial charge in [-0.25, -0.2) is 22.2 Å². The number of methoxy groups -OCH3 is 1. The van der Waals surface area contributed by atoms with Crippen molar-refractivity contribution in [1.82, 2.24) is 25.4 Å². The second-order valence-corrected chi connectivity index (χ2v) is 9.23. The molecule has 35 heavy (non-hydrogen) atoms. The second-order valence-electron chi connectivity index (χ2n) is 7.11. The van der Waals surface area contributed by atoms with Gasteiger partial charge in [0, 0.05) is 11.2 Å². The van der Waals surface area contributed by atoms with E-state index >= 15 is 4.39 Å². The zero-order chi connectivity index (χ0) is 24.7. The number of fused-ring (bicyclic) bond motifs is 1. The third-order valence-electron chi connectivity index (χ3n) is 4.90. The quantitative estimate of drug-likeness (QED) is 0.337. The van der Waals surface area contributed by atoms with Crippen LogP contribution in [0.15, 0.2) is 58.0 Å². The lowest BCUT2D eigenvalue weighted by molar-refractivity contribution is 0.401. The van der Waals surface area contributed by atoms with Crippen LogP contribution < -0.4 is 9.46 Å². The van der Waals surface area contributed by atoms with Crippen LogP contribution >= 0.6 is 11.6 Å². The molecule has 0 fully saturated rings. The molecule has 0 saturated heterocycles. The number of hydrogen-bond acceptors (Lipinski definition) is 8. The number of rotatable bonds is 6. The highest BCUT2D eigenvalue weighted by Gasteiger charge is 2.25. The molecule has 0 aliphatic rings. The van der Waals surface area contributed by atoms with Gasteiger partial charge in [-0.1, -0.05) is 17.7 Å². The Balaban J connectivity index is 1.51. The lowest BCUT2D eigenvalue weighted by Gasteiger charge is -2.11. The van der Waals surface area contributed by atoms with E-state index in [0.717, 1.165) is 12.1 Å². The van der Waals surface area contributed by atoms with Gasteiger partial charge in [0.25, 0.3) is 15.9 Å². The standard InChI is InChI=1S/C21H13ClF2N6O4S/c1-33-20-13-7-10(9-25-18(13)26-28-20)19-27-29-21(34-19)16-14(23)5-6-15(17(16)24)30-35(31,32)12-4-2-3-11(22)8-12/h2-9,30H,1H3,(H,25,26,28). The number of aromatic nitrogens is 5. The molecule has 3 heterocycles. The fourth-order valence-corrected chi connectivity index (χ4v) is 4.62. The SMILES string of the molecule is COc1n[nH]c2ncc(-c3nnc(-c4c(F)ccc(NS(=O)(=O)c5cccc(Cl)c5)c4F)o3)cc12. The molecule has 14 heteroatoms. The van der Waals surface area contributed by atoms with Gasteiger partial charge in [0.1, 0.15) is 11.4 Å². The number of nitrogens with one attached hydrogen (secondary N) is 2. The Labute approximate surface area is 201 Å². The minimum Gasteiger partial charge on any atom is -0.479 e. The van der Waals surface area contributed by atoms with E-state index in [1.807, 2.05) is 0 Å². The van der Waals surface area contributed by atoms with Crippen LogP contribution in [-0.4, -0.2) is 40.9 Å². The summed E-state index contributed by atoms with van der Waals surface area (Å²) in [7, 11) is -2.79. The fraction of sp³-hybridized carbons (Fsp3) is 0.0476. The van der Waals surface area contributed by atoms with Gasteiger partial charge >= 0.3 is 0 Å². The maximum atomic E-state index is 15.3. The Morgan fingerprint density at radius 2 is 1.91 bits per heavy atom. The van der Waals surface area contributed by atoms with E-state index in [9.17, 15) is 12.8 Å². The van der Waals surface area contributed by atoms with E-state index in [0.29, 0.717) is 16.6 Å². The predicted molar refractivity (Wildman–Crippen MR) is 121 cm³/mol. The number of sulfonamides is 1. The van der Waals surface area contributed by atoms with Crippen LogP contribution in [-0.2, 0) is 10.0 Å². The van der Waals surface area contributed by atoms with Crippen LogP contribution in [0.25, 0.3) is 33.9 Å². The minimum atomic E-state index is -4.22. The highest BCUT2D eigenvalue weighted by Crippen LogP contribution is 2.33. The largest absolute Gasteiger partial charge is 0.479 e. The summed E-state index contributed by atoms with van der Waals surface area (Å²) in [4.78, 5) is 3.97. The molecule has 0 aliphatic heterocycles. The fourth-order valence-electron chi connectivity index (χ4n) is 3.26. The van der Waals surface area contributed by atoms with Crippen molar-refractivity contribution in [1.29, 1.82) is 0 Å². The zero-order valence-electron chi connectivity index (χ0n) is 17.6. The van der Waals surface area contributed by atoms with Gasteiger partial charge in [-0.05, 0) is 36.4 Å². The Morgan fingerprint density at radius 1 is 1.11 bits per heavy atom. The average Bonchev–Trinajstić information content (AvgIpc) is 3.48. The van der Waals surface area contributed by atoms with E-state index in [-0.39, 0.29) is 21.7 Å². The van der Waals surface area contributed by atoms with E-state index in [2.05, 4.69) is 30.1 Å². The molecule has 0 unspecified atom stereocenters. The van der Waals surface area contributed by atoms with E-state index in [1.54, 1.807) is 6.07 Å². The number of nitrogens with zero attached hydrogens (tertiary/aromatic N) is 4. The first-order chi connectivity index (χ1) is 16.8. The smallest absolute Gasteiger partial charge is 0.262 e. The summed E-state index contributed by atoms with van der Waals surface area (Å²) < 4.78 is 67.9. The van der Waals surface area contributed by atoms with Gasteiger partial charge in [-0.3, -0.25) is 9.82 Å². The first kappa shape index (κ1) is 22.7. The average molecular weight is 519 g/mol. The molecular formula is C21H13ClF2N6O4S. The van der Waals surface area contributed by atoms with E-state index in [1.165, 1.54) is 37.6 Å². The van der Waals surface area contributed by atoms with Crippen LogP contribution in [0.4, 0.5) is 14.5 Å². The van der Waals surface area contributed by atoms with Crippen LogP contribution in [0.1, 0.15) is 0 Å². The number of pyridine rings is 1. The van der Waals surface area contributed by atoms with Crippen molar-refractivity contribution >= 4 is 38.3 Å². The third-order valence-corrected chi connectivity index (χ3v) is 6.50. The van der Waals surface area contributed by atoms with Gasteiger partial charge in [0.2, 0.25) is 11.8 Å². The van der Waals surface area contributed by atoms with Crippen molar-refractivity contribution in [3.05, 3.63) is 65.3 Å². The molecule has 3 aromatic heterocycles. The highest BCUT2D eigenvalue weighted by molar-refractivity contribution is 7.92. The summed E-state index contributed by atoms with van der Waals surface area (Å²) in [5, 5.41) is 14.9. The summed E-state index contributed by atoms with van der Waals surface area (Å²) in [6.07, 6.45) is 1.40. The monoisotopic (exact) mass is 518 g/mol. The first-order valence-electron chi connectivity index (χ1n) is 9.75. The zero-order valence-corrected chi connectivity index (χ0v) is 19.2. The van der Waals surface area contributed by atoms with E-state index in [4.69, 9.17) is 20.8 Å². The molecular weight excluding hydrogens is 506 g/mol. The van der Waals surface area contributed by atoms with Crippen molar-refractivity contribution in [3.8, 4) is 28.8 Å². The van der Waals surface area contributed by atoms with Crippen LogP contribution in [0.3, 0.4) is 0 Å². The van der Waals surface area contributed by atoms with Crippen molar-refractivity contribution in [2.45, 2.75) is 4.90 Å². The first-order valence-corrected chi connectivity index (χ1v) is 11.6. The molecule has 0 spiro atoms. The Kier molecular flexibility index (Phi) is 5.57. The molecule has 0 saturated carbocycles. The van der Waals surface area contributed by atoms with Crippen molar-refractivity contribution in [2.24, 2.45) is 0 Å². The Hall–Kier alpha value is -4.10. The molecule has 0 aliphatic carbocycles. The van der Waals surface area contributed by atoms with Crippen LogP contribution in [0, 0.1) is 11.6 Å². The molecule has 2 N–H and O–H groups in total. The molecule has 10 nitrogen and oxygen atoms in total. The summed E-state index contributed by atoms with van der Waals surface area (Å²) in [5.74, 6) is -2.57. The van der Waals surface area contributed by atoms with Gasteiger partial charge in [0.15, 0.2) is 11.5 Å². The molecule has 178 valence electrons. The van der Waals surface area contributed by atoms with Gasteiger partial charge < -0.3 is 9.15 Å². The lowest BCUT2D eigenvalue weighted by atomic mass is 10.1. The number of H-pyrrole nitrogens is 1. The summed E-state index contributed by atoms with van der Waals surface area (Å²) >= 11 is 5.85. The molecule has 0 radical (unpaired) electrons. The van der Waals surface area contributed by atoms with E-state index < -0.39 is 38.8 Å². The summed E-state index contributed by atoms with van der Waals surface area (Å²) in [6.45, 7) is 0. The van der Waals surface area contributed by atoms with Crippen molar-refractivity contribution in [2.75, 3.05) is 11.8 Å². The predicted octanol–water partition coefficient (Wildman–Crippen LogP) is 4.42. The minimum absolute atomic E-state index is 0.0821. The summed E-state index contributed by atoms with van der Waals surface area (Å²) in [6, 6.07) is 8.80. The van der Waals surface area contributed by atoms with Gasteiger partial charge in [-0.2, -0.15) is 0 Å². The van der Waals surface area contributed by atoms with Gasteiger partial charge in [0.05, 0.1) is 28.6 Å². The number of halogens is 3. The normalized spacial score (nSPS) is 11.7. The highest BCUT2D eigenvalue weighted by atomic mass is 35.5. The maximum Gasteiger partial charge on any atom is 0.262 e. The number of anilines is 1. The maximum absolute atomic E-state index is 15.3. The molecule has 0 bridgehead atoms. The molecule has 5 aromatic rings. The number of aromatic amines is 1.